The summed E-state index contributed by atoms with van der Waals surface area (Å²) >= 11 is 1.04. The molecule has 3 aromatic carbocycles. The van der Waals surface area contributed by atoms with Crippen LogP contribution in [0.4, 0.5) is 10.1 Å². The molecule has 204 valence electrons. The van der Waals surface area contributed by atoms with E-state index in [2.05, 4.69) is 10.3 Å². The van der Waals surface area contributed by atoms with Crippen molar-refractivity contribution in [3.8, 4) is 34.4 Å². The van der Waals surface area contributed by atoms with E-state index in [1.54, 1.807) is 18.2 Å². The molecule has 0 spiro atoms. The SMILES string of the molecule is COc1cc2nc(SCC(=O)Nc3cc(OC)c(OC)c(OC)c3)n(-c3ccc(F)cc3)c(=O)c2cc1OC. The molecule has 39 heavy (non-hydrogen) atoms. The number of benzene rings is 3. The maximum Gasteiger partial charge on any atom is 0.266 e. The van der Waals surface area contributed by atoms with Crippen molar-refractivity contribution in [1.29, 1.82) is 0 Å². The Morgan fingerprint density at radius 1 is 0.872 bits per heavy atom. The first-order valence-electron chi connectivity index (χ1n) is 11.5. The fourth-order valence-electron chi connectivity index (χ4n) is 3.89. The molecule has 0 aliphatic carbocycles. The van der Waals surface area contributed by atoms with Gasteiger partial charge in [0.2, 0.25) is 11.7 Å². The highest BCUT2D eigenvalue weighted by atomic mass is 32.2. The highest BCUT2D eigenvalue weighted by Crippen LogP contribution is 2.40. The van der Waals surface area contributed by atoms with Crippen LogP contribution >= 0.6 is 11.8 Å². The zero-order valence-electron chi connectivity index (χ0n) is 21.9. The van der Waals surface area contributed by atoms with Gasteiger partial charge >= 0.3 is 0 Å². The number of hydrogen-bond acceptors (Lipinski definition) is 9. The van der Waals surface area contributed by atoms with Crippen molar-refractivity contribution >= 4 is 34.3 Å². The number of nitrogens with one attached hydrogen (secondary N) is 1. The largest absolute Gasteiger partial charge is 0.493 e. The lowest BCUT2D eigenvalue weighted by atomic mass is 10.2. The zero-order valence-corrected chi connectivity index (χ0v) is 22.7. The summed E-state index contributed by atoms with van der Waals surface area (Å²) in [6.45, 7) is 0. The van der Waals surface area contributed by atoms with Crippen LogP contribution in [-0.2, 0) is 4.79 Å². The summed E-state index contributed by atoms with van der Waals surface area (Å²) in [5, 5.41) is 3.28. The highest BCUT2D eigenvalue weighted by molar-refractivity contribution is 7.99. The third kappa shape index (κ3) is 5.70. The monoisotopic (exact) mass is 555 g/mol. The van der Waals surface area contributed by atoms with Gasteiger partial charge in [0.15, 0.2) is 28.2 Å². The number of thioether (sulfide) groups is 1. The minimum Gasteiger partial charge on any atom is -0.493 e. The van der Waals surface area contributed by atoms with Crippen LogP contribution in [0.2, 0.25) is 0 Å². The summed E-state index contributed by atoms with van der Waals surface area (Å²) in [7, 11) is 7.38. The number of methoxy groups -OCH3 is 5. The lowest BCUT2D eigenvalue weighted by Gasteiger charge is -2.16. The van der Waals surface area contributed by atoms with Gasteiger partial charge in [-0.1, -0.05) is 11.8 Å². The second kappa shape index (κ2) is 11.9. The van der Waals surface area contributed by atoms with Gasteiger partial charge in [-0.25, -0.2) is 9.37 Å². The minimum absolute atomic E-state index is 0.0942. The number of anilines is 1. The molecule has 0 aliphatic rings. The van der Waals surface area contributed by atoms with E-state index >= 15 is 0 Å². The summed E-state index contributed by atoms with van der Waals surface area (Å²) in [5.74, 6) is 0.988. The van der Waals surface area contributed by atoms with Crippen LogP contribution in [-0.4, -0.2) is 56.8 Å². The molecule has 0 fully saturated rings. The standard InChI is InChI=1S/C27H26FN3O7S/c1-34-20-12-18-19(13-21(20)35-2)30-27(31(26(18)33)17-8-6-15(28)7-9-17)39-14-24(32)29-16-10-22(36-3)25(38-5)23(11-16)37-4/h6-13H,14H2,1-5H3,(H,29,32). The average molecular weight is 556 g/mol. The fourth-order valence-corrected chi connectivity index (χ4v) is 4.70. The van der Waals surface area contributed by atoms with Crippen LogP contribution in [0.25, 0.3) is 16.6 Å². The second-order valence-corrected chi connectivity index (χ2v) is 8.93. The van der Waals surface area contributed by atoms with Crippen molar-refractivity contribution in [2.24, 2.45) is 0 Å². The molecule has 0 radical (unpaired) electrons. The smallest absolute Gasteiger partial charge is 0.266 e. The summed E-state index contributed by atoms with van der Waals surface area (Å²) in [5.41, 5.74) is 0.746. The topological polar surface area (TPSA) is 110 Å². The van der Waals surface area contributed by atoms with Crippen molar-refractivity contribution in [2.45, 2.75) is 5.16 Å². The number of hydrogen-bond donors (Lipinski definition) is 1. The summed E-state index contributed by atoms with van der Waals surface area (Å²) in [6, 6.07) is 11.7. The third-order valence-electron chi connectivity index (χ3n) is 5.71. The first-order valence-corrected chi connectivity index (χ1v) is 12.5. The molecule has 1 aromatic heterocycles. The van der Waals surface area contributed by atoms with Crippen LogP contribution in [0, 0.1) is 5.82 Å². The molecule has 0 saturated heterocycles. The van der Waals surface area contributed by atoms with Crippen molar-refractivity contribution in [1.82, 2.24) is 9.55 Å². The normalized spacial score (nSPS) is 10.7. The minimum atomic E-state index is -0.453. The van der Waals surface area contributed by atoms with E-state index in [0.29, 0.717) is 45.6 Å². The quantitative estimate of drug-likeness (QED) is 0.226. The Morgan fingerprint density at radius 2 is 1.46 bits per heavy atom. The molecule has 0 aliphatic heterocycles. The van der Waals surface area contributed by atoms with E-state index in [0.717, 1.165) is 11.8 Å². The molecule has 12 heteroatoms. The van der Waals surface area contributed by atoms with Crippen LogP contribution in [0.15, 0.2) is 58.5 Å². The Balaban J connectivity index is 1.70. The molecule has 0 atom stereocenters. The van der Waals surface area contributed by atoms with Gasteiger partial charge in [-0.15, -0.1) is 0 Å². The van der Waals surface area contributed by atoms with Crippen molar-refractivity contribution in [2.75, 3.05) is 46.6 Å². The number of fused-ring (bicyclic) bond motifs is 1. The molecule has 0 bridgehead atoms. The predicted octanol–water partition coefficient (Wildman–Crippen LogP) is 4.30. The predicted molar refractivity (Wildman–Crippen MR) is 146 cm³/mol. The summed E-state index contributed by atoms with van der Waals surface area (Å²) in [6.07, 6.45) is 0. The van der Waals surface area contributed by atoms with Crippen molar-refractivity contribution < 1.29 is 32.9 Å². The summed E-state index contributed by atoms with van der Waals surface area (Å²) < 4.78 is 41.6. The maximum atomic E-state index is 13.6. The number of nitrogens with zero attached hydrogens (tertiary/aromatic N) is 2. The highest BCUT2D eigenvalue weighted by Gasteiger charge is 2.19. The number of aromatic nitrogens is 2. The molecule has 4 aromatic rings. The van der Waals surface area contributed by atoms with E-state index in [1.807, 2.05) is 0 Å². The van der Waals surface area contributed by atoms with Gasteiger partial charge in [0.05, 0.1) is 57.9 Å². The zero-order chi connectivity index (χ0) is 28.1. The molecule has 1 amide bonds. The van der Waals surface area contributed by atoms with Gasteiger partial charge in [-0.05, 0) is 30.3 Å². The molecule has 0 saturated carbocycles. The number of halogens is 1. The molecule has 4 rings (SSSR count). The van der Waals surface area contributed by atoms with E-state index in [1.165, 1.54) is 70.4 Å². The maximum absolute atomic E-state index is 13.6. The fraction of sp³-hybridized carbons (Fsp3) is 0.222. The Labute approximate surface area is 227 Å². The first kappa shape index (κ1) is 27.6. The Morgan fingerprint density at radius 3 is 2.03 bits per heavy atom. The van der Waals surface area contributed by atoms with Gasteiger partial charge in [0.1, 0.15) is 5.82 Å². The average Bonchev–Trinajstić information content (AvgIpc) is 2.95. The van der Waals surface area contributed by atoms with E-state index in [9.17, 15) is 14.0 Å². The van der Waals surface area contributed by atoms with Gasteiger partial charge in [-0.2, -0.15) is 0 Å². The molecule has 0 unspecified atom stereocenters. The van der Waals surface area contributed by atoms with Crippen LogP contribution in [0.5, 0.6) is 28.7 Å². The van der Waals surface area contributed by atoms with Crippen molar-refractivity contribution in [3.05, 3.63) is 64.7 Å². The Hall–Kier alpha value is -4.45. The van der Waals surface area contributed by atoms with Crippen LogP contribution in [0.1, 0.15) is 0 Å². The number of carbonyl (C=O) groups excluding carboxylic acids is 1. The molecule has 1 heterocycles. The van der Waals surface area contributed by atoms with Gasteiger partial charge in [0.25, 0.3) is 5.56 Å². The van der Waals surface area contributed by atoms with E-state index in [-0.39, 0.29) is 22.2 Å². The lowest BCUT2D eigenvalue weighted by molar-refractivity contribution is -0.113. The van der Waals surface area contributed by atoms with Gasteiger partial charge < -0.3 is 29.0 Å². The van der Waals surface area contributed by atoms with Crippen molar-refractivity contribution in [3.63, 3.8) is 0 Å². The van der Waals surface area contributed by atoms with Gasteiger partial charge in [-0.3, -0.25) is 14.2 Å². The molecule has 1 N–H and O–H groups in total. The number of amides is 1. The molecular weight excluding hydrogens is 529 g/mol. The van der Waals surface area contributed by atoms with E-state index < -0.39 is 11.4 Å². The lowest BCUT2D eigenvalue weighted by Crippen LogP contribution is -2.23. The number of rotatable bonds is 10. The van der Waals surface area contributed by atoms with E-state index in [4.69, 9.17) is 23.7 Å². The second-order valence-electron chi connectivity index (χ2n) is 7.99. The molecule has 10 nitrogen and oxygen atoms in total. The first-order chi connectivity index (χ1) is 18.8. The Bertz CT molecular complexity index is 1550. The number of carbonyl (C=O) groups is 1. The van der Waals surface area contributed by atoms with Gasteiger partial charge in [0, 0.05) is 23.9 Å². The molecular formula is C27H26FN3O7S. The number of ether oxygens (including phenoxy) is 5. The Kier molecular flexibility index (Phi) is 8.45. The third-order valence-corrected chi connectivity index (χ3v) is 6.65. The summed E-state index contributed by atoms with van der Waals surface area (Å²) in [4.78, 5) is 31.2. The van der Waals surface area contributed by atoms with Crippen LogP contribution in [0.3, 0.4) is 0 Å². The van der Waals surface area contributed by atoms with Crippen LogP contribution < -0.4 is 34.6 Å².